The van der Waals surface area contributed by atoms with Crippen LogP contribution in [0.2, 0.25) is 0 Å². The maximum atomic E-state index is 12.0. The number of carbonyl (C=O) groups is 2. The fourth-order valence-electron chi connectivity index (χ4n) is 2.18. The Morgan fingerprint density at radius 2 is 2.07 bits per heavy atom. The van der Waals surface area contributed by atoms with Gasteiger partial charge in [0.1, 0.15) is 11.5 Å². The molecule has 0 aliphatic rings. The second-order valence-electron chi connectivity index (χ2n) is 5.73. The average Bonchev–Trinajstić information content (AvgIpc) is 3.21. The standard InChI is InChI=1S/C21H17N3O4/c1-15-7-8-17(14-22-15)21(26)24-23-13-16-4-2-5-19(12-16)28-20(25)10-9-18-6-3-11-27-18/h2-14H,1H3,(H,24,26)/b10-9+,23-13+. The number of hydrazone groups is 1. The molecule has 1 amide bonds. The van der Waals surface area contributed by atoms with Crippen molar-refractivity contribution in [2.45, 2.75) is 6.92 Å². The van der Waals surface area contributed by atoms with Crippen molar-refractivity contribution in [3.05, 3.63) is 89.6 Å². The van der Waals surface area contributed by atoms with E-state index in [1.807, 2.05) is 6.92 Å². The summed E-state index contributed by atoms with van der Waals surface area (Å²) in [6.07, 6.45) is 7.24. The van der Waals surface area contributed by atoms with Crippen LogP contribution in [0.1, 0.15) is 27.4 Å². The van der Waals surface area contributed by atoms with E-state index < -0.39 is 5.97 Å². The maximum absolute atomic E-state index is 12.0. The van der Waals surface area contributed by atoms with Crippen molar-refractivity contribution in [3.63, 3.8) is 0 Å². The summed E-state index contributed by atoms with van der Waals surface area (Å²) in [5, 5.41) is 3.91. The van der Waals surface area contributed by atoms with Gasteiger partial charge in [-0.3, -0.25) is 9.78 Å². The van der Waals surface area contributed by atoms with Gasteiger partial charge in [-0.1, -0.05) is 12.1 Å². The van der Waals surface area contributed by atoms with Crippen molar-refractivity contribution < 1.29 is 18.7 Å². The summed E-state index contributed by atoms with van der Waals surface area (Å²) in [5.74, 6) is 0.00418. The number of hydrogen-bond acceptors (Lipinski definition) is 6. The van der Waals surface area contributed by atoms with Gasteiger partial charge in [-0.2, -0.15) is 5.10 Å². The SMILES string of the molecule is Cc1ccc(C(=O)N/N=C/c2cccc(OC(=O)/C=C/c3ccco3)c2)cn1. The highest BCUT2D eigenvalue weighted by Crippen LogP contribution is 2.13. The Morgan fingerprint density at radius 1 is 1.18 bits per heavy atom. The molecule has 0 saturated carbocycles. The quantitative estimate of drug-likeness (QED) is 0.234. The van der Waals surface area contributed by atoms with Crippen LogP contribution in [-0.4, -0.2) is 23.1 Å². The van der Waals surface area contributed by atoms with Crippen molar-refractivity contribution in [1.82, 2.24) is 10.4 Å². The molecule has 0 atom stereocenters. The second-order valence-corrected chi connectivity index (χ2v) is 5.73. The predicted molar refractivity (Wildman–Crippen MR) is 104 cm³/mol. The van der Waals surface area contributed by atoms with E-state index in [1.165, 1.54) is 30.8 Å². The number of amides is 1. The number of carbonyl (C=O) groups excluding carboxylic acids is 2. The highest BCUT2D eigenvalue weighted by atomic mass is 16.5. The van der Waals surface area contributed by atoms with Crippen LogP contribution in [0, 0.1) is 6.92 Å². The summed E-state index contributed by atoms with van der Waals surface area (Å²) in [6.45, 7) is 1.84. The molecule has 0 radical (unpaired) electrons. The molecule has 3 rings (SSSR count). The number of benzene rings is 1. The summed E-state index contributed by atoms with van der Waals surface area (Å²) < 4.78 is 10.3. The van der Waals surface area contributed by atoms with E-state index in [4.69, 9.17) is 9.15 Å². The molecule has 2 heterocycles. The lowest BCUT2D eigenvalue weighted by atomic mass is 10.2. The lowest BCUT2D eigenvalue weighted by molar-refractivity contribution is -0.128. The average molecular weight is 375 g/mol. The normalized spacial score (nSPS) is 11.0. The Hall–Kier alpha value is -4.00. The zero-order valence-electron chi connectivity index (χ0n) is 15.0. The van der Waals surface area contributed by atoms with Crippen molar-refractivity contribution in [2.75, 3.05) is 0 Å². The summed E-state index contributed by atoms with van der Waals surface area (Å²) in [4.78, 5) is 27.9. The fraction of sp³-hybridized carbons (Fsp3) is 0.0476. The van der Waals surface area contributed by atoms with Crippen LogP contribution in [-0.2, 0) is 4.79 Å². The summed E-state index contributed by atoms with van der Waals surface area (Å²) in [7, 11) is 0. The van der Waals surface area contributed by atoms with E-state index in [-0.39, 0.29) is 5.91 Å². The molecule has 1 N–H and O–H groups in total. The van der Waals surface area contributed by atoms with E-state index in [1.54, 1.807) is 48.5 Å². The van der Waals surface area contributed by atoms with Crippen molar-refractivity contribution in [2.24, 2.45) is 5.10 Å². The van der Waals surface area contributed by atoms with Crippen LogP contribution in [0.4, 0.5) is 0 Å². The van der Waals surface area contributed by atoms with Gasteiger partial charge in [-0.15, -0.1) is 0 Å². The molecular formula is C21H17N3O4. The largest absolute Gasteiger partial charge is 0.465 e. The minimum absolute atomic E-state index is 0.354. The molecular weight excluding hydrogens is 358 g/mol. The van der Waals surface area contributed by atoms with Crippen LogP contribution in [0.15, 0.2) is 76.6 Å². The van der Waals surface area contributed by atoms with Crippen LogP contribution >= 0.6 is 0 Å². The van der Waals surface area contributed by atoms with Gasteiger partial charge in [0.05, 0.1) is 18.0 Å². The van der Waals surface area contributed by atoms with Gasteiger partial charge in [0.25, 0.3) is 5.91 Å². The van der Waals surface area contributed by atoms with E-state index >= 15 is 0 Å². The zero-order valence-corrected chi connectivity index (χ0v) is 15.0. The molecule has 0 spiro atoms. The Morgan fingerprint density at radius 3 is 2.82 bits per heavy atom. The topological polar surface area (TPSA) is 93.8 Å². The van der Waals surface area contributed by atoms with E-state index in [0.29, 0.717) is 22.6 Å². The monoisotopic (exact) mass is 375 g/mol. The number of aromatic nitrogens is 1. The van der Waals surface area contributed by atoms with Crippen LogP contribution < -0.4 is 10.2 Å². The summed E-state index contributed by atoms with van der Waals surface area (Å²) in [5.41, 5.74) is 4.31. The third-order valence-electron chi connectivity index (χ3n) is 3.56. The molecule has 7 heteroatoms. The van der Waals surface area contributed by atoms with Gasteiger partial charge in [-0.25, -0.2) is 10.2 Å². The number of esters is 1. The first-order valence-corrected chi connectivity index (χ1v) is 8.40. The molecule has 0 aliphatic heterocycles. The summed E-state index contributed by atoms with van der Waals surface area (Å²) >= 11 is 0. The molecule has 0 aliphatic carbocycles. The van der Waals surface area contributed by atoms with Crippen LogP contribution in [0.25, 0.3) is 6.08 Å². The van der Waals surface area contributed by atoms with Gasteiger partial charge in [0.2, 0.25) is 0 Å². The van der Waals surface area contributed by atoms with Crippen molar-refractivity contribution in [1.29, 1.82) is 0 Å². The first-order chi connectivity index (χ1) is 13.6. The number of nitrogens with one attached hydrogen (secondary N) is 1. The molecule has 140 valence electrons. The zero-order chi connectivity index (χ0) is 19.8. The number of ether oxygens (including phenoxy) is 1. The molecule has 2 aromatic heterocycles. The van der Waals surface area contributed by atoms with E-state index in [9.17, 15) is 9.59 Å². The highest BCUT2D eigenvalue weighted by Gasteiger charge is 2.04. The smallest absolute Gasteiger partial charge is 0.336 e. The summed E-state index contributed by atoms with van der Waals surface area (Å²) in [6, 6.07) is 13.6. The molecule has 0 fully saturated rings. The number of hydrogen-bond donors (Lipinski definition) is 1. The van der Waals surface area contributed by atoms with Gasteiger partial charge in [0.15, 0.2) is 0 Å². The van der Waals surface area contributed by atoms with Gasteiger partial charge in [0, 0.05) is 18.0 Å². The lowest BCUT2D eigenvalue weighted by Crippen LogP contribution is -2.17. The Kier molecular flexibility index (Phi) is 6.10. The predicted octanol–water partition coefficient (Wildman–Crippen LogP) is 3.37. The van der Waals surface area contributed by atoms with Gasteiger partial charge >= 0.3 is 5.97 Å². The third-order valence-corrected chi connectivity index (χ3v) is 3.56. The first-order valence-electron chi connectivity index (χ1n) is 8.40. The molecule has 0 bridgehead atoms. The number of furan rings is 1. The first kappa shape index (κ1) is 18.8. The van der Waals surface area contributed by atoms with E-state index in [0.717, 1.165) is 5.69 Å². The number of aryl methyl sites for hydroxylation is 1. The number of nitrogens with zero attached hydrogens (tertiary/aromatic N) is 2. The minimum Gasteiger partial charge on any atom is -0.465 e. The molecule has 7 nitrogen and oxygen atoms in total. The lowest BCUT2D eigenvalue weighted by Gasteiger charge is -2.02. The van der Waals surface area contributed by atoms with Gasteiger partial charge < -0.3 is 9.15 Å². The van der Waals surface area contributed by atoms with Crippen LogP contribution in [0.5, 0.6) is 5.75 Å². The Bertz CT molecular complexity index is 1010. The van der Waals surface area contributed by atoms with Gasteiger partial charge in [-0.05, 0) is 55.0 Å². The molecule has 0 unspecified atom stereocenters. The minimum atomic E-state index is -0.536. The van der Waals surface area contributed by atoms with Crippen molar-refractivity contribution >= 4 is 24.2 Å². The van der Waals surface area contributed by atoms with E-state index in [2.05, 4.69) is 15.5 Å². The molecule has 1 aromatic carbocycles. The Labute approximate surface area is 161 Å². The second kappa shape index (κ2) is 9.09. The Balaban J connectivity index is 1.56. The fourth-order valence-corrected chi connectivity index (χ4v) is 2.18. The van der Waals surface area contributed by atoms with Crippen LogP contribution in [0.3, 0.4) is 0 Å². The maximum Gasteiger partial charge on any atom is 0.336 e. The number of pyridine rings is 1. The molecule has 3 aromatic rings. The molecule has 0 saturated heterocycles. The number of rotatable bonds is 6. The molecule has 28 heavy (non-hydrogen) atoms. The highest BCUT2D eigenvalue weighted by molar-refractivity contribution is 5.94. The van der Waals surface area contributed by atoms with Crippen molar-refractivity contribution in [3.8, 4) is 5.75 Å². The third kappa shape index (κ3) is 5.50.